The summed E-state index contributed by atoms with van der Waals surface area (Å²) in [6.07, 6.45) is 0. The number of ether oxygens (including phenoxy) is 1. The maximum atomic E-state index is 13.6. The van der Waals surface area contributed by atoms with Crippen molar-refractivity contribution in [2.75, 3.05) is 31.2 Å². The SMILES string of the molecule is CC1=C(C(=O)N2CCOCC2)C(c2ccccc2)NC(=S)N1c1ccc(Cl)cc1. The molecule has 0 radical (unpaired) electrons. The number of halogens is 1. The van der Waals surface area contributed by atoms with E-state index in [2.05, 4.69) is 5.32 Å². The molecule has 0 bridgehead atoms. The van der Waals surface area contributed by atoms with Gasteiger partial charge in [-0.3, -0.25) is 9.69 Å². The van der Waals surface area contributed by atoms with Gasteiger partial charge in [-0.05, 0) is 49.0 Å². The smallest absolute Gasteiger partial charge is 0.254 e. The number of allylic oxidation sites excluding steroid dienone is 1. The maximum Gasteiger partial charge on any atom is 0.254 e. The van der Waals surface area contributed by atoms with Crippen LogP contribution in [0.3, 0.4) is 0 Å². The predicted molar refractivity (Wildman–Crippen MR) is 119 cm³/mol. The minimum Gasteiger partial charge on any atom is -0.378 e. The van der Waals surface area contributed by atoms with E-state index < -0.39 is 0 Å². The van der Waals surface area contributed by atoms with E-state index in [1.165, 1.54) is 0 Å². The lowest BCUT2D eigenvalue weighted by Crippen LogP contribution is -2.51. The van der Waals surface area contributed by atoms with E-state index >= 15 is 0 Å². The molecular formula is C22H22ClN3O2S. The van der Waals surface area contributed by atoms with Crippen molar-refractivity contribution in [2.45, 2.75) is 13.0 Å². The number of thiocarbonyl (C=S) groups is 1. The van der Waals surface area contributed by atoms with Gasteiger partial charge >= 0.3 is 0 Å². The fourth-order valence-electron chi connectivity index (χ4n) is 3.75. The Morgan fingerprint density at radius 3 is 2.41 bits per heavy atom. The summed E-state index contributed by atoms with van der Waals surface area (Å²) in [6, 6.07) is 17.1. The van der Waals surface area contributed by atoms with Crippen LogP contribution in [-0.4, -0.2) is 42.2 Å². The van der Waals surface area contributed by atoms with Crippen molar-refractivity contribution in [3.63, 3.8) is 0 Å². The summed E-state index contributed by atoms with van der Waals surface area (Å²) in [5.74, 6) is 0.00798. The van der Waals surface area contributed by atoms with Gasteiger partial charge in [0.05, 0.1) is 24.8 Å². The Bertz CT molecular complexity index is 940. The Kier molecular flexibility index (Phi) is 5.85. The number of morpholine rings is 1. The van der Waals surface area contributed by atoms with Gasteiger partial charge in [0, 0.05) is 29.5 Å². The zero-order valence-corrected chi connectivity index (χ0v) is 17.7. The molecule has 1 atom stereocenters. The average molecular weight is 428 g/mol. The summed E-state index contributed by atoms with van der Waals surface area (Å²) in [5, 5.41) is 4.59. The average Bonchev–Trinajstić information content (AvgIpc) is 2.75. The number of benzene rings is 2. The monoisotopic (exact) mass is 427 g/mol. The predicted octanol–water partition coefficient (Wildman–Crippen LogP) is 3.91. The van der Waals surface area contributed by atoms with E-state index in [1.807, 2.05) is 71.3 Å². The lowest BCUT2D eigenvalue weighted by molar-refractivity contribution is -0.131. The quantitative estimate of drug-likeness (QED) is 0.752. The molecule has 5 nitrogen and oxygen atoms in total. The molecule has 1 N–H and O–H groups in total. The lowest BCUT2D eigenvalue weighted by Gasteiger charge is -2.40. The fraction of sp³-hybridized carbons (Fsp3) is 0.273. The third-order valence-electron chi connectivity index (χ3n) is 5.23. The molecule has 4 rings (SSSR count). The normalized spacial score (nSPS) is 19.9. The van der Waals surface area contributed by atoms with Crippen LogP contribution in [0.1, 0.15) is 18.5 Å². The highest BCUT2D eigenvalue weighted by atomic mass is 35.5. The highest BCUT2D eigenvalue weighted by molar-refractivity contribution is 7.80. The Balaban J connectivity index is 1.80. The molecule has 2 heterocycles. The van der Waals surface area contributed by atoms with Gasteiger partial charge in [-0.15, -0.1) is 0 Å². The van der Waals surface area contributed by atoms with Crippen LogP contribution in [0.2, 0.25) is 5.02 Å². The minimum atomic E-state index is -0.303. The van der Waals surface area contributed by atoms with Gasteiger partial charge < -0.3 is 15.0 Å². The number of hydrogen-bond donors (Lipinski definition) is 1. The molecular weight excluding hydrogens is 406 g/mol. The van der Waals surface area contributed by atoms with Gasteiger partial charge in [-0.25, -0.2) is 0 Å². The molecule has 2 aliphatic rings. The topological polar surface area (TPSA) is 44.8 Å². The van der Waals surface area contributed by atoms with E-state index in [-0.39, 0.29) is 11.9 Å². The summed E-state index contributed by atoms with van der Waals surface area (Å²) >= 11 is 11.8. The van der Waals surface area contributed by atoms with Crippen LogP contribution >= 0.6 is 23.8 Å². The Morgan fingerprint density at radius 1 is 1.10 bits per heavy atom. The molecule has 0 saturated carbocycles. The van der Waals surface area contributed by atoms with Crippen molar-refractivity contribution in [1.29, 1.82) is 0 Å². The second-order valence-corrected chi connectivity index (χ2v) is 7.83. The second kappa shape index (κ2) is 8.53. The van der Waals surface area contributed by atoms with Gasteiger partial charge in [-0.2, -0.15) is 0 Å². The van der Waals surface area contributed by atoms with Crippen LogP contribution < -0.4 is 10.2 Å². The number of carbonyl (C=O) groups is 1. The van der Waals surface area contributed by atoms with E-state index in [0.29, 0.717) is 42.0 Å². The Hall–Kier alpha value is -2.41. The number of rotatable bonds is 3. The number of nitrogens with zero attached hydrogens (tertiary/aromatic N) is 2. The van der Waals surface area contributed by atoms with Crippen molar-refractivity contribution in [3.8, 4) is 0 Å². The summed E-state index contributed by atoms with van der Waals surface area (Å²) in [6.45, 7) is 4.23. The second-order valence-electron chi connectivity index (χ2n) is 7.01. The molecule has 1 unspecified atom stereocenters. The molecule has 150 valence electrons. The van der Waals surface area contributed by atoms with Crippen molar-refractivity contribution in [1.82, 2.24) is 10.2 Å². The summed E-state index contributed by atoms with van der Waals surface area (Å²) in [5.41, 5.74) is 3.38. The number of nitrogens with one attached hydrogen (secondary N) is 1. The maximum absolute atomic E-state index is 13.6. The van der Waals surface area contributed by atoms with Crippen LogP contribution in [0, 0.1) is 0 Å². The van der Waals surface area contributed by atoms with Crippen LogP contribution in [0.25, 0.3) is 0 Å². The molecule has 0 aromatic heterocycles. The van der Waals surface area contributed by atoms with Crippen molar-refractivity contribution < 1.29 is 9.53 Å². The van der Waals surface area contributed by atoms with E-state index in [4.69, 9.17) is 28.6 Å². The molecule has 2 aromatic carbocycles. The van der Waals surface area contributed by atoms with Crippen LogP contribution in [-0.2, 0) is 9.53 Å². The third kappa shape index (κ3) is 4.01. The molecule has 0 spiro atoms. The summed E-state index contributed by atoms with van der Waals surface area (Å²) in [7, 11) is 0. The molecule has 1 saturated heterocycles. The standard InChI is InChI=1S/C22H22ClN3O2S/c1-15-19(21(27)25-11-13-28-14-12-25)20(16-5-3-2-4-6-16)24-22(29)26(15)18-9-7-17(23)8-10-18/h2-10,20H,11-14H2,1H3,(H,24,29). The lowest BCUT2D eigenvalue weighted by atomic mass is 9.93. The van der Waals surface area contributed by atoms with Crippen LogP contribution in [0.4, 0.5) is 5.69 Å². The molecule has 2 aliphatic heterocycles. The Labute approximate surface area is 180 Å². The number of amides is 1. The van der Waals surface area contributed by atoms with Gasteiger partial charge in [0.15, 0.2) is 5.11 Å². The first-order valence-electron chi connectivity index (χ1n) is 9.55. The molecule has 29 heavy (non-hydrogen) atoms. The summed E-state index contributed by atoms with van der Waals surface area (Å²) < 4.78 is 5.42. The van der Waals surface area contributed by atoms with Gasteiger partial charge in [-0.1, -0.05) is 41.9 Å². The largest absolute Gasteiger partial charge is 0.378 e. The van der Waals surface area contributed by atoms with Gasteiger partial charge in [0.25, 0.3) is 5.91 Å². The summed E-state index contributed by atoms with van der Waals surface area (Å²) in [4.78, 5) is 17.3. The number of carbonyl (C=O) groups excluding carboxylic acids is 1. The van der Waals surface area contributed by atoms with Crippen LogP contribution in [0.15, 0.2) is 65.9 Å². The highest BCUT2D eigenvalue weighted by Crippen LogP contribution is 2.35. The van der Waals surface area contributed by atoms with E-state index in [1.54, 1.807) is 0 Å². The highest BCUT2D eigenvalue weighted by Gasteiger charge is 2.36. The first kappa shape index (κ1) is 19.9. The first-order chi connectivity index (χ1) is 14.1. The molecule has 2 aromatic rings. The number of hydrogen-bond acceptors (Lipinski definition) is 3. The number of anilines is 1. The van der Waals surface area contributed by atoms with Crippen LogP contribution in [0.5, 0.6) is 0 Å². The Morgan fingerprint density at radius 2 is 1.76 bits per heavy atom. The minimum absolute atomic E-state index is 0.00798. The molecule has 1 fully saturated rings. The van der Waals surface area contributed by atoms with Crippen molar-refractivity contribution in [3.05, 3.63) is 76.5 Å². The van der Waals surface area contributed by atoms with Crippen molar-refractivity contribution in [2.24, 2.45) is 0 Å². The first-order valence-corrected chi connectivity index (χ1v) is 10.3. The van der Waals surface area contributed by atoms with Crippen molar-refractivity contribution >= 4 is 40.5 Å². The van der Waals surface area contributed by atoms with E-state index in [0.717, 1.165) is 16.9 Å². The van der Waals surface area contributed by atoms with E-state index in [9.17, 15) is 4.79 Å². The molecule has 0 aliphatic carbocycles. The zero-order chi connectivity index (χ0) is 20.4. The fourth-order valence-corrected chi connectivity index (χ4v) is 4.24. The third-order valence-corrected chi connectivity index (χ3v) is 5.78. The molecule has 1 amide bonds. The van der Waals surface area contributed by atoms with Gasteiger partial charge in [0.1, 0.15) is 0 Å². The zero-order valence-electron chi connectivity index (χ0n) is 16.1. The molecule has 7 heteroatoms. The van der Waals surface area contributed by atoms with Gasteiger partial charge in [0.2, 0.25) is 0 Å².